The molecule has 0 atom stereocenters. The number of fused-ring (bicyclic) bond motifs is 3. The third-order valence-electron chi connectivity index (χ3n) is 4.82. The van der Waals surface area contributed by atoms with Crippen LogP contribution in [0.5, 0.6) is 0 Å². The first-order valence-corrected chi connectivity index (χ1v) is 8.56. The fraction of sp³-hybridized carbons (Fsp3) is 0.0455. The summed E-state index contributed by atoms with van der Waals surface area (Å²) in [5, 5.41) is 11.9. The first-order chi connectivity index (χ1) is 13.4. The average molecular weight is 372 g/mol. The Labute approximate surface area is 160 Å². The number of aromatic carboxylic acids is 1. The third-order valence-corrected chi connectivity index (χ3v) is 4.82. The molecule has 0 fully saturated rings. The van der Waals surface area contributed by atoms with Gasteiger partial charge < -0.3 is 15.0 Å². The second kappa shape index (κ2) is 6.35. The minimum atomic E-state index is -1.35. The number of aryl methyl sites for hydroxylation is 1. The molecule has 0 radical (unpaired) electrons. The van der Waals surface area contributed by atoms with E-state index in [2.05, 4.69) is 11.9 Å². The van der Waals surface area contributed by atoms with Gasteiger partial charge in [0.1, 0.15) is 5.56 Å². The number of rotatable bonds is 3. The number of hydrogen-bond donors (Lipinski definition) is 2. The van der Waals surface area contributed by atoms with Gasteiger partial charge in [-0.3, -0.25) is 9.59 Å². The van der Waals surface area contributed by atoms with E-state index < -0.39 is 23.0 Å². The zero-order chi connectivity index (χ0) is 20.0. The van der Waals surface area contributed by atoms with Crippen molar-refractivity contribution in [3.63, 3.8) is 0 Å². The molecular weight excluding hydrogens is 356 g/mol. The number of aromatic nitrogens is 1. The van der Waals surface area contributed by atoms with Crippen molar-refractivity contribution >= 4 is 23.1 Å². The van der Waals surface area contributed by atoms with Gasteiger partial charge in [-0.25, -0.2) is 4.79 Å². The number of carboxylic acid groups (broad SMARTS) is 1. The van der Waals surface area contributed by atoms with E-state index in [4.69, 9.17) is 0 Å². The summed E-state index contributed by atoms with van der Waals surface area (Å²) in [6.07, 6.45) is 1.39. The second-order valence-corrected chi connectivity index (χ2v) is 6.57. The highest BCUT2D eigenvalue weighted by Crippen LogP contribution is 2.44. The summed E-state index contributed by atoms with van der Waals surface area (Å²) in [6, 6.07) is 14.4. The smallest absolute Gasteiger partial charge is 0.341 e. The van der Waals surface area contributed by atoms with Crippen LogP contribution in [0.3, 0.4) is 0 Å². The number of amides is 1. The number of carbonyl (C=O) groups excluding carboxylic acids is 1. The summed E-state index contributed by atoms with van der Waals surface area (Å²) in [5.74, 6) is -1.75. The highest BCUT2D eigenvalue weighted by atomic mass is 16.4. The van der Waals surface area contributed by atoms with Gasteiger partial charge in [0.2, 0.25) is 0 Å². The molecule has 0 bridgehead atoms. The van der Waals surface area contributed by atoms with Crippen LogP contribution in [-0.4, -0.2) is 21.6 Å². The Balaban J connectivity index is 1.75. The van der Waals surface area contributed by atoms with Crippen molar-refractivity contribution < 1.29 is 14.7 Å². The highest BCUT2D eigenvalue weighted by Gasteiger charge is 2.26. The van der Waals surface area contributed by atoms with Crippen molar-refractivity contribution in [3.05, 3.63) is 93.9 Å². The van der Waals surface area contributed by atoms with Gasteiger partial charge in [-0.15, -0.1) is 0 Å². The van der Waals surface area contributed by atoms with Crippen molar-refractivity contribution in [1.82, 2.24) is 4.57 Å². The molecule has 0 saturated heterocycles. The summed E-state index contributed by atoms with van der Waals surface area (Å²) in [5.41, 5.74) is 4.06. The minimum Gasteiger partial charge on any atom is -0.477 e. The fourth-order valence-electron chi connectivity index (χ4n) is 3.54. The lowest BCUT2D eigenvalue weighted by Crippen LogP contribution is -2.25. The largest absolute Gasteiger partial charge is 0.477 e. The Morgan fingerprint density at radius 2 is 1.68 bits per heavy atom. The number of pyridine rings is 1. The van der Waals surface area contributed by atoms with Gasteiger partial charge in [0.05, 0.1) is 5.69 Å². The maximum atomic E-state index is 13.0. The molecule has 1 heterocycles. The van der Waals surface area contributed by atoms with Crippen molar-refractivity contribution in [3.8, 4) is 11.1 Å². The van der Waals surface area contributed by atoms with E-state index in [1.165, 1.54) is 13.2 Å². The Kier molecular flexibility index (Phi) is 3.96. The van der Waals surface area contributed by atoms with Crippen LogP contribution >= 0.6 is 0 Å². The van der Waals surface area contributed by atoms with Crippen LogP contribution < -0.4 is 10.9 Å². The second-order valence-electron chi connectivity index (χ2n) is 6.57. The summed E-state index contributed by atoms with van der Waals surface area (Å²) in [4.78, 5) is 36.1. The van der Waals surface area contributed by atoms with Crippen molar-refractivity contribution in [1.29, 1.82) is 0 Å². The molecule has 6 heteroatoms. The molecule has 3 aromatic rings. The Morgan fingerprint density at radius 1 is 1.00 bits per heavy atom. The molecule has 0 spiro atoms. The fourth-order valence-corrected chi connectivity index (χ4v) is 3.54. The molecule has 1 aromatic heterocycles. The van der Waals surface area contributed by atoms with Crippen molar-refractivity contribution in [2.45, 2.75) is 0 Å². The van der Waals surface area contributed by atoms with E-state index in [-0.39, 0.29) is 5.69 Å². The van der Waals surface area contributed by atoms with Gasteiger partial charge in [-0.1, -0.05) is 43.0 Å². The molecule has 1 aliphatic rings. The first kappa shape index (κ1) is 17.5. The number of carboxylic acids is 1. The van der Waals surface area contributed by atoms with Crippen LogP contribution in [0.2, 0.25) is 0 Å². The quantitative estimate of drug-likeness (QED) is 0.577. The van der Waals surface area contributed by atoms with Crippen LogP contribution in [0.25, 0.3) is 16.7 Å². The van der Waals surface area contributed by atoms with Crippen molar-refractivity contribution in [2.75, 3.05) is 5.32 Å². The molecule has 6 nitrogen and oxygen atoms in total. The predicted molar refractivity (Wildman–Crippen MR) is 107 cm³/mol. The molecule has 138 valence electrons. The molecule has 1 amide bonds. The molecule has 28 heavy (non-hydrogen) atoms. The van der Waals surface area contributed by atoms with Gasteiger partial charge in [-0.05, 0) is 34.4 Å². The van der Waals surface area contributed by atoms with Gasteiger partial charge in [0.15, 0.2) is 0 Å². The van der Waals surface area contributed by atoms with E-state index in [0.29, 0.717) is 5.56 Å². The monoisotopic (exact) mass is 372 g/mol. The van der Waals surface area contributed by atoms with Crippen LogP contribution in [0, 0.1) is 0 Å². The summed E-state index contributed by atoms with van der Waals surface area (Å²) in [6.45, 7) is 4.15. The number of benzene rings is 2. The molecule has 0 aliphatic heterocycles. The molecule has 2 aromatic carbocycles. The van der Waals surface area contributed by atoms with Gasteiger partial charge >= 0.3 is 5.97 Å². The van der Waals surface area contributed by atoms with Gasteiger partial charge in [0.25, 0.3) is 11.5 Å². The maximum Gasteiger partial charge on any atom is 0.341 e. The zero-order valence-corrected chi connectivity index (χ0v) is 15.0. The lowest BCUT2D eigenvalue weighted by Gasteiger charge is -2.12. The molecule has 1 aliphatic carbocycles. The highest BCUT2D eigenvalue weighted by molar-refractivity contribution is 6.13. The summed E-state index contributed by atoms with van der Waals surface area (Å²) in [7, 11) is 1.43. The molecule has 2 N–H and O–H groups in total. The van der Waals surface area contributed by atoms with Crippen LogP contribution in [-0.2, 0) is 7.05 Å². The zero-order valence-electron chi connectivity index (χ0n) is 15.0. The normalized spacial score (nSPS) is 11.7. The Hall–Kier alpha value is -3.93. The molecule has 0 unspecified atom stereocenters. The van der Waals surface area contributed by atoms with Gasteiger partial charge in [-0.2, -0.15) is 0 Å². The number of carbonyl (C=O) groups is 2. The summed E-state index contributed by atoms with van der Waals surface area (Å²) >= 11 is 0. The van der Waals surface area contributed by atoms with E-state index >= 15 is 0 Å². The topological polar surface area (TPSA) is 88.4 Å². The first-order valence-electron chi connectivity index (χ1n) is 8.56. The standard InChI is InChI=1S/C22H16N2O4/c1-12-14-6-3-4-7-15(14)16-8-5-9-17(19(12)16)20(25)23-13-10-18(22(27)28)21(26)24(2)11-13/h3-11H,1H2,2H3,(H,23,25)(H,27,28). The molecular formula is C22H16N2O4. The number of hydrogen-bond acceptors (Lipinski definition) is 3. The van der Waals surface area contributed by atoms with E-state index in [1.807, 2.05) is 30.3 Å². The molecule has 0 saturated carbocycles. The predicted octanol–water partition coefficient (Wildman–Crippen LogP) is 3.38. The lowest BCUT2D eigenvalue weighted by molar-refractivity contribution is 0.0694. The third kappa shape index (κ3) is 2.63. The number of nitrogens with zero attached hydrogens (tertiary/aromatic N) is 1. The Bertz CT molecular complexity index is 1240. The lowest BCUT2D eigenvalue weighted by atomic mass is 9.98. The average Bonchev–Trinajstić information content (AvgIpc) is 2.97. The Morgan fingerprint density at radius 3 is 2.39 bits per heavy atom. The van der Waals surface area contributed by atoms with Gasteiger partial charge in [0, 0.05) is 24.4 Å². The van der Waals surface area contributed by atoms with E-state index in [0.717, 1.165) is 38.5 Å². The number of anilines is 1. The van der Waals surface area contributed by atoms with Crippen LogP contribution in [0.15, 0.2) is 66.1 Å². The molecule has 4 rings (SSSR count). The summed E-state index contributed by atoms with van der Waals surface area (Å²) < 4.78 is 1.13. The van der Waals surface area contributed by atoms with Crippen LogP contribution in [0.4, 0.5) is 5.69 Å². The minimum absolute atomic E-state index is 0.225. The van der Waals surface area contributed by atoms with E-state index in [1.54, 1.807) is 12.1 Å². The number of nitrogens with one attached hydrogen (secondary N) is 1. The SMILES string of the molecule is C=C1c2ccccc2-c2cccc(C(=O)Nc3cc(C(=O)O)c(=O)n(C)c3)c21. The van der Waals surface area contributed by atoms with Crippen LogP contribution in [0.1, 0.15) is 31.8 Å². The maximum absolute atomic E-state index is 13.0. The van der Waals surface area contributed by atoms with E-state index in [9.17, 15) is 19.5 Å². The van der Waals surface area contributed by atoms with Crippen molar-refractivity contribution in [2.24, 2.45) is 7.05 Å².